The number of halogens is 1. The maximum absolute atomic E-state index is 13.1. The Morgan fingerprint density at radius 1 is 1.10 bits per heavy atom. The Bertz CT molecular complexity index is 1180. The van der Waals surface area contributed by atoms with E-state index in [0.29, 0.717) is 22.4 Å². The lowest BCUT2D eigenvalue weighted by Gasteiger charge is -2.20. The van der Waals surface area contributed by atoms with Crippen LogP contribution in [-0.4, -0.2) is 40.7 Å². The van der Waals surface area contributed by atoms with E-state index in [0.717, 1.165) is 18.4 Å². The second-order valence-corrected chi connectivity index (χ2v) is 10.7. The molecule has 0 atom stereocenters. The highest BCUT2D eigenvalue weighted by atomic mass is 35.5. The van der Waals surface area contributed by atoms with Crippen molar-refractivity contribution >= 4 is 27.3 Å². The molecule has 1 saturated carbocycles. The van der Waals surface area contributed by atoms with Gasteiger partial charge in [0.2, 0.25) is 11.8 Å². The van der Waals surface area contributed by atoms with Crippen molar-refractivity contribution in [2.45, 2.75) is 49.4 Å². The van der Waals surface area contributed by atoms with Crippen LogP contribution in [0.25, 0.3) is 11.5 Å². The lowest BCUT2D eigenvalue weighted by Crippen LogP contribution is -2.32. The fourth-order valence-corrected chi connectivity index (χ4v) is 4.34. The Hall–Kier alpha value is -2.71. The number of carbonyl (C=O) groups is 1. The summed E-state index contributed by atoms with van der Waals surface area (Å²) in [7, 11) is -3.38. The number of hydrogen-bond acceptors (Lipinski definition) is 6. The van der Waals surface area contributed by atoms with Crippen LogP contribution in [-0.2, 0) is 16.4 Å². The normalized spacial score (nSPS) is 14.1. The fraction of sp³-hybridized carbons (Fsp3) is 0.318. The molecule has 1 aliphatic carbocycles. The lowest BCUT2D eigenvalue weighted by molar-refractivity contribution is 0.0714. The van der Waals surface area contributed by atoms with E-state index in [4.69, 9.17) is 16.0 Å². The first kappa shape index (κ1) is 21.5. The van der Waals surface area contributed by atoms with Crippen LogP contribution in [0.4, 0.5) is 0 Å². The molecule has 0 saturated heterocycles. The van der Waals surface area contributed by atoms with Crippen LogP contribution in [0.15, 0.2) is 57.8 Å². The molecule has 1 heterocycles. The molecule has 162 valence electrons. The number of sulfone groups is 1. The van der Waals surface area contributed by atoms with Crippen molar-refractivity contribution < 1.29 is 17.6 Å². The van der Waals surface area contributed by atoms with Gasteiger partial charge < -0.3 is 9.32 Å². The predicted molar refractivity (Wildman–Crippen MR) is 116 cm³/mol. The van der Waals surface area contributed by atoms with E-state index in [1.165, 1.54) is 12.1 Å². The minimum Gasteiger partial charge on any atom is -0.419 e. The Morgan fingerprint density at radius 3 is 2.32 bits per heavy atom. The molecule has 2 aromatic carbocycles. The summed E-state index contributed by atoms with van der Waals surface area (Å²) in [6.45, 7) is 3.45. The summed E-state index contributed by atoms with van der Waals surface area (Å²) >= 11 is 5.91. The molecule has 31 heavy (non-hydrogen) atoms. The number of benzene rings is 2. The lowest BCUT2D eigenvalue weighted by atomic mass is 10.2. The molecule has 4 rings (SSSR count). The van der Waals surface area contributed by atoms with Crippen molar-refractivity contribution in [3.63, 3.8) is 0 Å². The first-order valence-electron chi connectivity index (χ1n) is 9.99. The smallest absolute Gasteiger partial charge is 0.254 e. The molecule has 0 spiro atoms. The minimum absolute atomic E-state index is 0.109. The molecule has 9 heteroatoms. The molecule has 0 bridgehead atoms. The van der Waals surface area contributed by atoms with E-state index < -0.39 is 15.1 Å². The van der Waals surface area contributed by atoms with E-state index in [1.54, 1.807) is 55.1 Å². The summed E-state index contributed by atoms with van der Waals surface area (Å²) in [6.07, 6.45) is 1.81. The largest absolute Gasteiger partial charge is 0.419 e. The van der Waals surface area contributed by atoms with Crippen molar-refractivity contribution in [2.24, 2.45) is 0 Å². The van der Waals surface area contributed by atoms with Gasteiger partial charge in [0.15, 0.2) is 9.84 Å². The van der Waals surface area contributed by atoms with Gasteiger partial charge in [0.25, 0.3) is 5.91 Å². The van der Waals surface area contributed by atoms with Gasteiger partial charge in [-0.1, -0.05) is 11.6 Å². The summed E-state index contributed by atoms with van der Waals surface area (Å²) in [4.78, 5) is 15.0. The van der Waals surface area contributed by atoms with Crippen molar-refractivity contribution in [2.75, 3.05) is 0 Å². The number of hydrogen-bond donors (Lipinski definition) is 0. The molecule has 1 aliphatic rings. The number of amides is 1. The van der Waals surface area contributed by atoms with Crippen molar-refractivity contribution in [1.82, 2.24) is 15.1 Å². The summed E-state index contributed by atoms with van der Waals surface area (Å²) < 4.78 is 30.4. The molecule has 7 nitrogen and oxygen atoms in total. The van der Waals surface area contributed by atoms with E-state index in [1.807, 2.05) is 0 Å². The molecular weight excluding hydrogens is 438 g/mol. The third-order valence-corrected chi connectivity index (χ3v) is 7.58. The maximum atomic E-state index is 13.1. The number of carbonyl (C=O) groups excluding carboxylic acids is 1. The van der Waals surface area contributed by atoms with Gasteiger partial charge in [-0.2, -0.15) is 0 Å². The fourth-order valence-electron chi connectivity index (χ4n) is 3.15. The van der Waals surface area contributed by atoms with Gasteiger partial charge in [0.1, 0.15) is 0 Å². The average Bonchev–Trinajstić information content (AvgIpc) is 3.50. The Kier molecular flexibility index (Phi) is 5.85. The van der Waals surface area contributed by atoms with Gasteiger partial charge in [-0.05, 0) is 75.2 Å². The molecule has 0 unspecified atom stereocenters. The predicted octanol–water partition coefficient (Wildman–Crippen LogP) is 4.38. The third kappa shape index (κ3) is 4.65. The summed E-state index contributed by atoms with van der Waals surface area (Å²) in [5.74, 6) is 0.504. The Morgan fingerprint density at radius 2 is 1.74 bits per heavy atom. The second kappa shape index (κ2) is 8.43. The second-order valence-electron chi connectivity index (χ2n) is 7.79. The van der Waals surface area contributed by atoms with Gasteiger partial charge in [-0.3, -0.25) is 4.79 Å². The summed E-state index contributed by atoms with van der Waals surface area (Å²) in [6, 6.07) is 13.2. The van der Waals surface area contributed by atoms with Crippen LogP contribution < -0.4 is 0 Å². The topological polar surface area (TPSA) is 93.4 Å². The molecule has 0 N–H and O–H groups in total. The van der Waals surface area contributed by atoms with Crippen LogP contribution >= 0.6 is 11.6 Å². The zero-order chi connectivity index (χ0) is 22.2. The van der Waals surface area contributed by atoms with E-state index in [9.17, 15) is 13.2 Å². The molecule has 1 fully saturated rings. The SMILES string of the molecule is CC(C)S(=O)(=O)c1ccc(C(=O)N(Cc2nnc(-c3ccc(Cl)cc3)o2)C2CC2)cc1. The van der Waals surface area contributed by atoms with Crippen molar-refractivity contribution in [3.05, 3.63) is 65.0 Å². The number of nitrogens with zero attached hydrogens (tertiary/aromatic N) is 3. The molecule has 1 aromatic heterocycles. The Balaban J connectivity index is 1.52. The van der Waals surface area contributed by atoms with Crippen LogP contribution in [0, 0.1) is 0 Å². The first-order chi connectivity index (χ1) is 14.8. The monoisotopic (exact) mass is 459 g/mol. The van der Waals surface area contributed by atoms with Gasteiger partial charge in [0, 0.05) is 22.2 Å². The highest BCUT2D eigenvalue weighted by Gasteiger charge is 2.34. The molecule has 0 aliphatic heterocycles. The highest BCUT2D eigenvalue weighted by Crippen LogP contribution is 2.30. The van der Waals surface area contributed by atoms with Gasteiger partial charge >= 0.3 is 0 Å². The van der Waals surface area contributed by atoms with Gasteiger partial charge in [-0.25, -0.2) is 8.42 Å². The van der Waals surface area contributed by atoms with E-state index in [2.05, 4.69) is 10.2 Å². The zero-order valence-electron chi connectivity index (χ0n) is 17.2. The van der Waals surface area contributed by atoms with Crippen LogP contribution in [0.1, 0.15) is 42.9 Å². The highest BCUT2D eigenvalue weighted by molar-refractivity contribution is 7.92. The molecular formula is C22H22ClN3O4S. The molecule has 0 radical (unpaired) electrons. The summed E-state index contributed by atoms with van der Waals surface area (Å²) in [5, 5.41) is 8.24. The quantitative estimate of drug-likeness (QED) is 0.520. The van der Waals surface area contributed by atoms with Crippen molar-refractivity contribution in [3.8, 4) is 11.5 Å². The van der Waals surface area contributed by atoms with E-state index in [-0.39, 0.29) is 23.4 Å². The Labute approximate surface area is 186 Å². The van der Waals surface area contributed by atoms with Crippen molar-refractivity contribution in [1.29, 1.82) is 0 Å². The third-order valence-electron chi connectivity index (χ3n) is 5.16. The van der Waals surface area contributed by atoms with Crippen LogP contribution in [0.2, 0.25) is 5.02 Å². The van der Waals surface area contributed by atoms with Crippen LogP contribution in [0.5, 0.6) is 0 Å². The zero-order valence-corrected chi connectivity index (χ0v) is 18.7. The van der Waals surface area contributed by atoms with Gasteiger partial charge in [0.05, 0.1) is 16.7 Å². The van der Waals surface area contributed by atoms with E-state index >= 15 is 0 Å². The maximum Gasteiger partial charge on any atom is 0.254 e. The summed E-state index contributed by atoms with van der Waals surface area (Å²) in [5.41, 5.74) is 1.17. The average molecular weight is 460 g/mol. The minimum atomic E-state index is -3.38. The number of rotatable bonds is 7. The molecule has 1 amide bonds. The van der Waals surface area contributed by atoms with Gasteiger partial charge in [-0.15, -0.1) is 10.2 Å². The number of aromatic nitrogens is 2. The standard InChI is InChI=1S/C22H22ClN3O4S/c1-14(2)31(28,29)19-11-5-16(6-12-19)22(27)26(18-9-10-18)13-20-24-25-21(30-20)15-3-7-17(23)8-4-15/h3-8,11-12,14,18H,9-10,13H2,1-2H3. The van der Waals surface area contributed by atoms with Crippen LogP contribution in [0.3, 0.4) is 0 Å². The molecule has 3 aromatic rings. The first-order valence-corrected chi connectivity index (χ1v) is 11.9.